The van der Waals surface area contributed by atoms with Crippen LogP contribution in [0.25, 0.3) is 0 Å². The first-order valence-electron chi connectivity index (χ1n) is 6.86. The van der Waals surface area contributed by atoms with Crippen LogP contribution in [0, 0.1) is 0 Å². The van der Waals surface area contributed by atoms with Crippen LogP contribution in [0.4, 0.5) is 0 Å². The Balaban J connectivity index is 2.14. The van der Waals surface area contributed by atoms with Gasteiger partial charge in [-0.3, -0.25) is 0 Å². The molecule has 1 N–H and O–H groups in total. The summed E-state index contributed by atoms with van der Waals surface area (Å²) in [5, 5.41) is 3.42. The lowest BCUT2D eigenvalue weighted by Gasteiger charge is -2.16. The summed E-state index contributed by atoms with van der Waals surface area (Å²) in [6.45, 7) is 5.57. The van der Waals surface area contributed by atoms with Gasteiger partial charge in [0, 0.05) is 23.0 Å². The quantitative estimate of drug-likeness (QED) is 0.773. The molecule has 0 aliphatic heterocycles. The zero-order valence-corrected chi connectivity index (χ0v) is 14.9. The van der Waals surface area contributed by atoms with Crippen LogP contribution in [0.3, 0.4) is 0 Å². The Morgan fingerprint density at radius 3 is 2.67 bits per heavy atom. The van der Waals surface area contributed by atoms with Gasteiger partial charge >= 0.3 is 0 Å². The van der Waals surface area contributed by atoms with E-state index in [0.29, 0.717) is 12.6 Å². The highest BCUT2D eigenvalue weighted by Crippen LogP contribution is 2.33. The smallest absolute Gasteiger partial charge is 0.166 e. The number of halogens is 1. The van der Waals surface area contributed by atoms with Gasteiger partial charge in [0.1, 0.15) is 6.61 Å². The summed E-state index contributed by atoms with van der Waals surface area (Å²) in [5.74, 6) is 1.59. The van der Waals surface area contributed by atoms with Gasteiger partial charge in [0.05, 0.1) is 10.9 Å². The van der Waals surface area contributed by atoms with Crippen LogP contribution in [0.5, 0.6) is 11.5 Å². The Kier molecular flexibility index (Phi) is 6.08. The standard InChI is InChI=1S/C16H20BrNO2S/c1-11(2)18-9-12-5-4-6-14(19-3)16(12)20-10-13-7-8-15(17)21-13/h4-8,11,18H,9-10H2,1-3H3. The van der Waals surface area contributed by atoms with E-state index in [1.165, 1.54) is 4.88 Å². The first-order chi connectivity index (χ1) is 10.1. The molecule has 0 amide bonds. The number of benzene rings is 1. The van der Waals surface area contributed by atoms with Crippen LogP contribution in [0.1, 0.15) is 24.3 Å². The molecule has 0 saturated heterocycles. The molecule has 21 heavy (non-hydrogen) atoms. The van der Waals surface area contributed by atoms with E-state index in [1.807, 2.05) is 18.2 Å². The zero-order valence-electron chi connectivity index (χ0n) is 12.5. The molecule has 0 fully saturated rings. The molecule has 0 saturated carbocycles. The summed E-state index contributed by atoms with van der Waals surface area (Å²) in [6, 6.07) is 10.5. The number of rotatable bonds is 7. The van der Waals surface area contributed by atoms with Gasteiger partial charge in [-0.2, -0.15) is 0 Å². The summed E-state index contributed by atoms with van der Waals surface area (Å²) in [4.78, 5) is 1.18. The Morgan fingerprint density at radius 1 is 1.24 bits per heavy atom. The highest BCUT2D eigenvalue weighted by Gasteiger charge is 2.11. The van der Waals surface area contributed by atoms with Crippen LogP contribution < -0.4 is 14.8 Å². The third kappa shape index (κ3) is 4.73. The maximum atomic E-state index is 6.02. The predicted molar refractivity (Wildman–Crippen MR) is 91.3 cm³/mol. The second-order valence-electron chi connectivity index (χ2n) is 4.98. The van der Waals surface area contributed by atoms with Gasteiger partial charge in [-0.25, -0.2) is 0 Å². The largest absolute Gasteiger partial charge is 0.493 e. The average Bonchev–Trinajstić information content (AvgIpc) is 2.88. The topological polar surface area (TPSA) is 30.5 Å². The minimum absolute atomic E-state index is 0.428. The van der Waals surface area contributed by atoms with Gasteiger partial charge in [0.25, 0.3) is 0 Å². The monoisotopic (exact) mass is 369 g/mol. The van der Waals surface area contributed by atoms with Crippen LogP contribution in [-0.4, -0.2) is 13.2 Å². The summed E-state index contributed by atoms with van der Waals surface area (Å²) in [5.41, 5.74) is 1.11. The van der Waals surface area contributed by atoms with Crippen molar-refractivity contribution in [3.8, 4) is 11.5 Å². The summed E-state index contributed by atoms with van der Waals surface area (Å²) < 4.78 is 12.6. The van der Waals surface area contributed by atoms with Gasteiger partial charge in [-0.15, -0.1) is 11.3 Å². The normalized spacial score (nSPS) is 10.9. The van der Waals surface area contributed by atoms with Crippen molar-refractivity contribution in [1.29, 1.82) is 0 Å². The maximum Gasteiger partial charge on any atom is 0.166 e. The van der Waals surface area contributed by atoms with Crippen molar-refractivity contribution in [2.24, 2.45) is 0 Å². The lowest BCUT2D eigenvalue weighted by molar-refractivity contribution is 0.283. The minimum Gasteiger partial charge on any atom is -0.493 e. The fourth-order valence-electron chi connectivity index (χ4n) is 1.91. The van der Waals surface area contributed by atoms with Crippen molar-refractivity contribution in [3.05, 3.63) is 44.6 Å². The molecule has 0 aliphatic carbocycles. The van der Waals surface area contributed by atoms with E-state index >= 15 is 0 Å². The third-order valence-corrected chi connectivity index (χ3v) is 4.57. The lowest BCUT2D eigenvalue weighted by atomic mass is 10.1. The minimum atomic E-state index is 0.428. The molecule has 0 aliphatic rings. The Morgan fingerprint density at radius 2 is 2.05 bits per heavy atom. The fraction of sp³-hybridized carbons (Fsp3) is 0.375. The van der Waals surface area contributed by atoms with E-state index in [0.717, 1.165) is 27.4 Å². The van der Waals surface area contributed by atoms with Crippen molar-refractivity contribution in [2.45, 2.75) is 33.0 Å². The van der Waals surface area contributed by atoms with Gasteiger partial charge in [0.15, 0.2) is 11.5 Å². The molecule has 1 heterocycles. The van der Waals surface area contributed by atoms with E-state index in [1.54, 1.807) is 18.4 Å². The zero-order chi connectivity index (χ0) is 15.2. The van der Waals surface area contributed by atoms with Gasteiger partial charge in [0.2, 0.25) is 0 Å². The summed E-state index contributed by atoms with van der Waals surface area (Å²) >= 11 is 5.15. The summed E-state index contributed by atoms with van der Waals surface area (Å²) in [7, 11) is 1.67. The maximum absolute atomic E-state index is 6.02. The second-order valence-corrected chi connectivity index (χ2v) is 7.53. The Hall–Kier alpha value is -1.04. The number of methoxy groups -OCH3 is 1. The molecule has 0 radical (unpaired) electrons. The Bertz CT molecular complexity index is 583. The van der Waals surface area contributed by atoms with E-state index < -0.39 is 0 Å². The van der Waals surface area contributed by atoms with Gasteiger partial charge in [-0.1, -0.05) is 26.0 Å². The SMILES string of the molecule is COc1cccc(CNC(C)C)c1OCc1ccc(Br)s1. The molecule has 0 atom stereocenters. The molecule has 5 heteroatoms. The molecule has 2 rings (SSSR count). The number of para-hydroxylation sites is 1. The van der Waals surface area contributed by atoms with E-state index in [2.05, 4.69) is 47.2 Å². The summed E-state index contributed by atoms with van der Waals surface area (Å²) in [6.07, 6.45) is 0. The molecule has 0 bridgehead atoms. The van der Waals surface area contributed by atoms with Gasteiger partial charge < -0.3 is 14.8 Å². The van der Waals surface area contributed by atoms with Crippen LogP contribution >= 0.6 is 27.3 Å². The molecular weight excluding hydrogens is 350 g/mol. The number of hydrogen-bond acceptors (Lipinski definition) is 4. The second kappa shape index (κ2) is 7.82. The predicted octanol–water partition coefficient (Wildman–Crippen LogP) is 4.60. The number of ether oxygens (including phenoxy) is 2. The molecule has 3 nitrogen and oxygen atoms in total. The molecule has 114 valence electrons. The molecule has 1 aromatic heterocycles. The van der Waals surface area contributed by atoms with Crippen LogP contribution in [0.2, 0.25) is 0 Å². The molecule has 2 aromatic rings. The first-order valence-corrected chi connectivity index (χ1v) is 8.47. The number of nitrogens with one attached hydrogen (secondary N) is 1. The molecule has 0 spiro atoms. The van der Waals surface area contributed by atoms with Crippen molar-refractivity contribution >= 4 is 27.3 Å². The third-order valence-electron chi connectivity index (χ3n) is 2.97. The van der Waals surface area contributed by atoms with Crippen molar-refractivity contribution < 1.29 is 9.47 Å². The number of thiophene rings is 1. The van der Waals surface area contributed by atoms with Crippen LogP contribution in [-0.2, 0) is 13.2 Å². The average molecular weight is 370 g/mol. The fourth-order valence-corrected chi connectivity index (χ4v) is 3.31. The number of hydrogen-bond donors (Lipinski definition) is 1. The van der Waals surface area contributed by atoms with Gasteiger partial charge in [-0.05, 0) is 34.1 Å². The molecule has 0 unspecified atom stereocenters. The van der Waals surface area contributed by atoms with Crippen molar-refractivity contribution in [1.82, 2.24) is 5.32 Å². The molecule has 1 aromatic carbocycles. The lowest BCUT2D eigenvalue weighted by Crippen LogP contribution is -2.22. The first kappa shape index (κ1) is 16.3. The highest BCUT2D eigenvalue weighted by atomic mass is 79.9. The van der Waals surface area contributed by atoms with E-state index in [-0.39, 0.29) is 0 Å². The van der Waals surface area contributed by atoms with Crippen LogP contribution in [0.15, 0.2) is 34.1 Å². The molecular formula is C16H20BrNO2S. The van der Waals surface area contributed by atoms with E-state index in [9.17, 15) is 0 Å². The van der Waals surface area contributed by atoms with Crippen molar-refractivity contribution in [2.75, 3.05) is 7.11 Å². The van der Waals surface area contributed by atoms with Crippen molar-refractivity contribution in [3.63, 3.8) is 0 Å². The Labute approximate surface area is 138 Å². The highest BCUT2D eigenvalue weighted by molar-refractivity contribution is 9.11. The van der Waals surface area contributed by atoms with E-state index in [4.69, 9.17) is 9.47 Å².